The molecule has 3 rings (SSSR count). The van der Waals surface area contributed by atoms with Crippen LogP contribution in [0.2, 0.25) is 0 Å². The third-order valence-corrected chi connectivity index (χ3v) is 4.86. The molecule has 1 aromatic rings. The van der Waals surface area contributed by atoms with Gasteiger partial charge in [0.15, 0.2) is 0 Å². The highest BCUT2D eigenvalue weighted by Gasteiger charge is 2.45. The molecule has 2 N–H and O–H groups in total. The number of nitrogens with one attached hydrogen (secondary N) is 2. The molecular weight excluding hydrogens is 309 g/mol. The smallest absolute Gasteiger partial charge is 0.245 e. The number of aryl methyl sites for hydroxylation is 1. The fourth-order valence-corrected chi connectivity index (χ4v) is 3.58. The Morgan fingerprint density at radius 3 is 2.92 bits per heavy atom. The molecule has 2 fully saturated rings. The summed E-state index contributed by atoms with van der Waals surface area (Å²) in [5.41, 5.74) is 1.62. The van der Waals surface area contributed by atoms with E-state index in [0.717, 1.165) is 12.0 Å². The van der Waals surface area contributed by atoms with Gasteiger partial charge in [0.2, 0.25) is 11.8 Å². The Morgan fingerprint density at radius 2 is 2.17 bits per heavy atom. The van der Waals surface area contributed by atoms with E-state index < -0.39 is 12.1 Å². The van der Waals surface area contributed by atoms with Gasteiger partial charge >= 0.3 is 0 Å². The second-order valence-corrected chi connectivity index (χ2v) is 6.76. The van der Waals surface area contributed by atoms with Crippen molar-refractivity contribution in [1.29, 1.82) is 0 Å². The second-order valence-electron chi connectivity index (χ2n) is 6.76. The Morgan fingerprint density at radius 1 is 1.38 bits per heavy atom. The maximum atomic E-state index is 13.8. The van der Waals surface area contributed by atoms with Crippen molar-refractivity contribution in [2.24, 2.45) is 0 Å². The van der Waals surface area contributed by atoms with Crippen LogP contribution in [0.15, 0.2) is 18.2 Å². The van der Waals surface area contributed by atoms with Gasteiger partial charge in [0.1, 0.15) is 17.9 Å². The molecule has 2 aliphatic rings. The summed E-state index contributed by atoms with van der Waals surface area (Å²) in [7, 11) is 0. The molecule has 3 atom stereocenters. The number of hydrogen-bond acceptors (Lipinski definition) is 3. The molecule has 0 radical (unpaired) electrons. The average molecular weight is 333 g/mol. The fraction of sp³-hybridized carbons (Fsp3) is 0.556. The fourth-order valence-electron chi connectivity index (χ4n) is 3.58. The molecule has 6 heteroatoms. The van der Waals surface area contributed by atoms with Gasteiger partial charge in [-0.2, -0.15) is 0 Å². The first-order valence-corrected chi connectivity index (χ1v) is 8.59. The lowest BCUT2D eigenvalue weighted by Gasteiger charge is -2.34. The molecule has 5 nitrogen and oxygen atoms in total. The number of rotatable bonds is 5. The zero-order valence-electron chi connectivity index (χ0n) is 14.1. The minimum absolute atomic E-state index is 0.00462. The average Bonchev–Trinajstić information content (AvgIpc) is 2.98. The monoisotopic (exact) mass is 333 g/mol. The summed E-state index contributed by atoms with van der Waals surface area (Å²) in [6.45, 7) is 4.82. The van der Waals surface area contributed by atoms with Crippen LogP contribution in [0.1, 0.15) is 37.3 Å². The number of hydrogen-bond donors (Lipinski definition) is 2. The second kappa shape index (κ2) is 6.89. The van der Waals surface area contributed by atoms with Crippen molar-refractivity contribution in [3.05, 3.63) is 35.1 Å². The summed E-state index contributed by atoms with van der Waals surface area (Å²) >= 11 is 0. The van der Waals surface area contributed by atoms with Gasteiger partial charge in [0.05, 0.1) is 0 Å². The lowest BCUT2D eigenvalue weighted by atomic mass is 10.0. The van der Waals surface area contributed by atoms with Crippen molar-refractivity contribution in [3.8, 4) is 0 Å². The lowest BCUT2D eigenvalue weighted by molar-refractivity contribution is -0.147. The van der Waals surface area contributed by atoms with Crippen molar-refractivity contribution in [1.82, 2.24) is 15.5 Å². The third kappa shape index (κ3) is 3.29. The standard InChI is InChI=1S/C18H24FN3O2/c1-3-4-15-18(24)22-10-13(8-16(22)17(23)21-15)20-9-12-7-11(2)5-6-14(12)19/h5-7,13,15-16,20H,3-4,8-10H2,1-2H3,(H,21,23)/t13-,15-,16-/m0/s1. The van der Waals surface area contributed by atoms with Crippen LogP contribution in [-0.4, -0.2) is 41.4 Å². The van der Waals surface area contributed by atoms with Crippen LogP contribution < -0.4 is 10.6 Å². The van der Waals surface area contributed by atoms with Gasteiger partial charge in [-0.25, -0.2) is 4.39 Å². The molecule has 1 aromatic carbocycles. The molecular formula is C18H24FN3O2. The highest BCUT2D eigenvalue weighted by atomic mass is 19.1. The quantitative estimate of drug-likeness (QED) is 0.858. The Hall–Kier alpha value is -1.95. The van der Waals surface area contributed by atoms with Crippen LogP contribution in [0.3, 0.4) is 0 Å². The van der Waals surface area contributed by atoms with E-state index in [2.05, 4.69) is 10.6 Å². The molecule has 24 heavy (non-hydrogen) atoms. The predicted octanol–water partition coefficient (Wildman–Crippen LogP) is 1.49. The van der Waals surface area contributed by atoms with E-state index in [0.29, 0.717) is 31.5 Å². The van der Waals surface area contributed by atoms with E-state index in [4.69, 9.17) is 0 Å². The summed E-state index contributed by atoms with van der Waals surface area (Å²) in [5, 5.41) is 6.13. The van der Waals surface area contributed by atoms with Gasteiger partial charge in [0.25, 0.3) is 0 Å². The maximum Gasteiger partial charge on any atom is 0.245 e. The first kappa shape index (κ1) is 16.9. The molecule has 0 bridgehead atoms. The lowest BCUT2D eigenvalue weighted by Crippen LogP contribution is -2.61. The van der Waals surface area contributed by atoms with Gasteiger partial charge < -0.3 is 15.5 Å². The van der Waals surface area contributed by atoms with Crippen molar-refractivity contribution in [2.45, 2.75) is 57.8 Å². The Balaban J connectivity index is 1.63. The molecule has 0 aliphatic carbocycles. The number of carbonyl (C=O) groups excluding carboxylic acids is 2. The molecule has 0 aromatic heterocycles. The SMILES string of the molecule is CCC[C@@H]1NC(=O)[C@@H]2C[C@H](NCc3cc(C)ccc3F)CN2C1=O. The highest BCUT2D eigenvalue weighted by molar-refractivity contribution is 5.97. The van der Waals surface area contributed by atoms with Gasteiger partial charge in [-0.15, -0.1) is 0 Å². The summed E-state index contributed by atoms with van der Waals surface area (Å²) < 4.78 is 13.8. The van der Waals surface area contributed by atoms with Crippen molar-refractivity contribution in [2.75, 3.05) is 6.54 Å². The molecule has 2 heterocycles. The van der Waals surface area contributed by atoms with E-state index >= 15 is 0 Å². The Labute approximate surface area is 141 Å². The van der Waals surface area contributed by atoms with E-state index in [1.54, 1.807) is 11.0 Å². The van der Waals surface area contributed by atoms with Crippen LogP contribution in [0.5, 0.6) is 0 Å². The van der Waals surface area contributed by atoms with Crippen LogP contribution in [0.4, 0.5) is 4.39 Å². The Bertz CT molecular complexity index is 649. The van der Waals surface area contributed by atoms with Crippen molar-refractivity contribution < 1.29 is 14.0 Å². The summed E-state index contributed by atoms with van der Waals surface area (Å²) in [4.78, 5) is 26.4. The molecule has 2 aliphatic heterocycles. The topological polar surface area (TPSA) is 61.4 Å². The normalized spacial score (nSPS) is 26.5. The third-order valence-electron chi connectivity index (χ3n) is 4.86. The van der Waals surface area contributed by atoms with Crippen LogP contribution in [0.25, 0.3) is 0 Å². The number of halogens is 1. The van der Waals surface area contributed by atoms with Gasteiger partial charge in [0, 0.05) is 24.7 Å². The summed E-state index contributed by atoms with van der Waals surface area (Å²) in [6.07, 6.45) is 2.09. The maximum absolute atomic E-state index is 13.8. The first-order valence-electron chi connectivity index (χ1n) is 8.59. The van der Waals surface area contributed by atoms with Crippen molar-refractivity contribution in [3.63, 3.8) is 0 Å². The summed E-state index contributed by atoms with van der Waals surface area (Å²) in [6, 6.07) is 4.24. The zero-order valence-corrected chi connectivity index (χ0v) is 14.1. The minimum Gasteiger partial charge on any atom is -0.343 e. The van der Waals surface area contributed by atoms with Crippen LogP contribution >= 0.6 is 0 Å². The number of benzene rings is 1. The Kier molecular flexibility index (Phi) is 4.85. The van der Waals surface area contributed by atoms with E-state index in [1.165, 1.54) is 6.07 Å². The largest absolute Gasteiger partial charge is 0.343 e. The zero-order chi connectivity index (χ0) is 17.3. The number of amides is 2. The highest BCUT2D eigenvalue weighted by Crippen LogP contribution is 2.24. The van der Waals surface area contributed by atoms with Crippen LogP contribution in [-0.2, 0) is 16.1 Å². The molecule has 130 valence electrons. The van der Waals surface area contributed by atoms with Gasteiger partial charge in [-0.05, 0) is 25.8 Å². The first-order chi connectivity index (χ1) is 11.5. The molecule has 2 saturated heterocycles. The molecule has 0 saturated carbocycles. The van der Waals surface area contributed by atoms with Gasteiger partial charge in [-0.3, -0.25) is 9.59 Å². The molecule has 2 amide bonds. The van der Waals surface area contributed by atoms with Crippen molar-refractivity contribution >= 4 is 11.8 Å². The molecule has 0 spiro atoms. The van der Waals surface area contributed by atoms with Gasteiger partial charge in [-0.1, -0.05) is 31.0 Å². The van der Waals surface area contributed by atoms with E-state index in [9.17, 15) is 14.0 Å². The summed E-state index contributed by atoms with van der Waals surface area (Å²) in [5.74, 6) is -0.299. The number of nitrogens with zero attached hydrogens (tertiary/aromatic N) is 1. The predicted molar refractivity (Wildman–Crippen MR) is 88.7 cm³/mol. The number of fused-ring (bicyclic) bond motifs is 1. The van der Waals surface area contributed by atoms with E-state index in [1.807, 2.05) is 19.9 Å². The van der Waals surface area contributed by atoms with E-state index in [-0.39, 0.29) is 23.7 Å². The number of carbonyl (C=O) groups is 2. The minimum atomic E-state index is -0.398. The molecule has 0 unspecified atom stereocenters. The number of piperazine rings is 1. The van der Waals surface area contributed by atoms with Crippen LogP contribution in [0, 0.1) is 12.7 Å².